The third-order valence-electron chi connectivity index (χ3n) is 9.16. The van der Waals surface area contributed by atoms with Crippen molar-refractivity contribution in [2.75, 3.05) is 29.9 Å². The van der Waals surface area contributed by atoms with Crippen LogP contribution in [0.2, 0.25) is 0 Å². The van der Waals surface area contributed by atoms with Crippen molar-refractivity contribution in [1.29, 1.82) is 0 Å². The number of hydrogen-bond acceptors (Lipinski definition) is 6. The number of rotatable bonds is 8. The van der Waals surface area contributed by atoms with Crippen molar-refractivity contribution in [2.45, 2.75) is 93.7 Å². The third-order valence-corrected chi connectivity index (χ3v) is 9.16. The molecule has 3 heterocycles. The van der Waals surface area contributed by atoms with Crippen LogP contribution >= 0.6 is 0 Å². The van der Waals surface area contributed by atoms with Crippen molar-refractivity contribution in [2.24, 2.45) is 23.8 Å². The van der Waals surface area contributed by atoms with Crippen LogP contribution in [0.3, 0.4) is 0 Å². The second kappa shape index (κ2) is 15.9. The van der Waals surface area contributed by atoms with Gasteiger partial charge in [-0.05, 0) is 98.0 Å². The van der Waals surface area contributed by atoms with E-state index in [-0.39, 0.29) is 17.2 Å². The molecule has 9 nitrogen and oxygen atoms in total. The zero-order valence-electron chi connectivity index (χ0n) is 30.4. The van der Waals surface area contributed by atoms with Crippen LogP contribution in [0.25, 0.3) is 0 Å². The topological polar surface area (TPSA) is 99.6 Å². The van der Waals surface area contributed by atoms with E-state index in [0.29, 0.717) is 42.8 Å². The van der Waals surface area contributed by atoms with Crippen molar-refractivity contribution < 1.29 is 14.4 Å². The molecule has 2 aliphatic rings. The number of benzene rings is 2. The van der Waals surface area contributed by atoms with E-state index >= 15 is 0 Å². The minimum absolute atomic E-state index is 0.0662. The average molecular weight is 657 g/mol. The zero-order chi connectivity index (χ0) is 35.1. The van der Waals surface area contributed by atoms with Crippen molar-refractivity contribution in [1.82, 2.24) is 20.0 Å². The van der Waals surface area contributed by atoms with Gasteiger partial charge in [0.15, 0.2) is 0 Å². The van der Waals surface area contributed by atoms with Gasteiger partial charge in [0.05, 0.1) is 24.1 Å². The monoisotopic (exact) mass is 656 g/mol. The molecule has 0 aliphatic carbocycles. The second-order valence-corrected chi connectivity index (χ2v) is 15.8. The van der Waals surface area contributed by atoms with Gasteiger partial charge in [0, 0.05) is 37.6 Å². The summed E-state index contributed by atoms with van der Waals surface area (Å²) in [5.74, 6) is 1.39. The Morgan fingerprint density at radius 3 is 2.35 bits per heavy atom. The van der Waals surface area contributed by atoms with Gasteiger partial charge in [-0.25, -0.2) is 0 Å². The fourth-order valence-corrected chi connectivity index (χ4v) is 6.01. The number of aromatic nitrogens is 2. The third kappa shape index (κ3) is 10.5. The summed E-state index contributed by atoms with van der Waals surface area (Å²) in [6.45, 7) is 19.2. The average Bonchev–Trinajstić information content (AvgIpc) is 3.26. The van der Waals surface area contributed by atoms with Crippen LogP contribution in [0.4, 0.5) is 17.2 Å². The molecule has 0 saturated carbocycles. The lowest BCUT2D eigenvalue weighted by atomic mass is 9.90. The van der Waals surface area contributed by atoms with E-state index in [1.165, 1.54) is 6.42 Å². The summed E-state index contributed by atoms with van der Waals surface area (Å²) in [4.78, 5) is 40.7. The fraction of sp³-hybridized carbons (Fsp3) is 0.538. The quantitative estimate of drug-likeness (QED) is 0.245. The lowest BCUT2D eigenvalue weighted by molar-refractivity contribution is -0.122. The molecule has 0 spiro atoms. The van der Waals surface area contributed by atoms with Gasteiger partial charge in [0.2, 0.25) is 5.91 Å². The van der Waals surface area contributed by atoms with E-state index in [0.717, 1.165) is 72.6 Å². The summed E-state index contributed by atoms with van der Waals surface area (Å²) < 4.78 is 1.80. The highest BCUT2D eigenvalue weighted by molar-refractivity contribution is 6.08. The molecule has 2 N–H and O–H groups in total. The number of carbonyl (C=O) groups excluding carboxylic acids is 3. The Morgan fingerprint density at radius 1 is 1.02 bits per heavy atom. The van der Waals surface area contributed by atoms with E-state index in [1.807, 2.05) is 83.4 Å². The van der Waals surface area contributed by atoms with Gasteiger partial charge < -0.3 is 25.2 Å². The highest BCUT2D eigenvalue weighted by Crippen LogP contribution is 2.36. The highest BCUT2D eigenvalue weighted by Gasteiger charge is 2.27. The van der Waals surface area contributed by atoms with E-state index in [4.69, 9.17) is 0 Å². The molecule has 3 aromatic rings. The highest BCUT2D eigenvalue weighted by atomic mass is 16.2. The molecule has 2 aromatic carbocycles. The van der Waals surface area contributed by atoms with E-state index in [1.54, 1.807) is 9.58 Å². The first kappa shape index (κ1) is 36.8. The van der Waals surface area contributed by atoms with Crippen LogP contribution in [0.1, 0.15) is 101 Å². The predicted molar refractivity (Wildman–Crippen MR) is 194 cm³/mol. The Balaban J connectivity index is 0.000000671. The molecular weight excluding hydrogens is 600 g/mol. The van der Waals surface area contributed by atoms with Crippen LogP contribution in [0.5, 0.6) is 0 Å². The molecule has 2 aliphatic heterocycles. The largest absolute Gasteiger partial charge is 0.352 e. The molecule has 0 radical (unpaired) electrons. The normalized spacial score (nSPS) is 15.3. The van der Waals surface area contributed by atoms with Gasteiger partial charge in [-0.1, -0.05) is 59.7 Å². The number of nitrogens with zero attached hydrogens (tertiary/aromatic N) is 4. The Morgan fingerprint density at radius 2 is 1.73 bits per heavy atom. The van der Waals surface area contributed by atoms with Crippen LogP contribution in [-0.4, -0.2) is 52.4 Å². The molecule has 0 bridgehead atoms. The molecule has 1 fully saturated rings. The molecule has 2 amide bonds. The summed E-state index contributed by atoms with van der Waals surface area (Å²) in [6.07, 6.45) is 7.39. The van der Waals surface area contributed by atoms with Gasteiger partial charge in [-0.3, -0.25) is 14.3 Å². The van der Waals surface area contributed by atoms with Gasteiger partial charge in [0.1, 0.15) is 12.1 Å². The molecule has 1 saturated heterocycles. The number of anilines is 3. The van der Waals surface area contributed by atoms with Crippen molar-refractivity contribution in [3.8, 4) is 0 Å². The number of aryl methyl sites for hydroxylation is 2. The zero-order valence-corrected chi connectivity index (χ0v) is 30.4. The van der Waals surface area contributed by atoms with Gasteiger partial charge in [-0.2, -0.15) is 5.10 Å². The molecule has 0 atom stereocenters. The Labute approximate surface area is 287 Å². The van der Waals surface area contributed by atoms with E-state index in [2.05, 4.69) is 41.4 Å². The molecule has 260 valence electrons. The minimum Gasteiger partial charge on any atom is -0.352 e. The number of fused-ring (bicyclic) bond motifs is 2. The predicted octanol–water partition coefficient (Wildman–Crippen LogP) is 7.41. The molecule has 1 aromatic heterocycles. The fourth-order valence-electron chi connectivity index (χ4n) is 6.01. The molecular formula is C39H56N6O3. The lowest BCUT2D eigenvalue weighted by Gasteiger charge is -2.33. The first-order chi connectivity index (χ1) is 22.6. The SMILES string of the molecule is CC(C)(C)CC=O.Cc1cc(C(=O)N2Cc3cnn(C)c3Nc3ccccc32)ccc1CNC(=O)CC1CCN(CCC(C)(C)C)CC1. The number of aldehydes is 1. The summed E-state index contributed by atoms with van der Waals surface area (Å²) in [5.41, 5.74) is 5.85. The Bertz CT molecular complexity index is 1560. The lowest BCUT2D eigenvalue weighted by Crippen LogP contribution is -2.37. The van der Waals surface area contributed by atoms with Crippen molar-refractivity contribution in [3.05, 3.63) is 70.9 Å². The standard InChI is InChI=1S/C33H44N6O2.C6H12O/c1-23-18-25(32(41)39-22-27-21-35-37(5)31(27)36-28-8-6-7-9-29(28)39)10-11-26(23)20-34-30(40)19-24-12-15-38(16-13-24)17-14-33(2,3)4;1-6(2,3)4-5-7/h6-11,18,21,24,36H,12-17,19-20,22H2,1-5H3,(H,34,40);5H,4H2,1-3H3. The Hall–Kier alpha value is -3.98. The number of nitrogens with one attached hydrogen (secondary N) is 2. The number of carbonyl (C=O) groups is 3. The molecule has 48 heavy (non-hydrogen) atoms. The number of piperidine rings is 1. The molecule has 0 unspecified atom stereocenters. The van der Waals surface area contributed by atoms with Crippen LogP contribution in [-0.2, 0) is 29.7 Å². The van der Waals surface area contributed by atoms with Crippen LogP contribution < -0.4 is 15.5 Å². The number of para-hydroxylation sites is 2. The maximum Gasteiger partial charge on any atom is 0.258 e. The minimum atomic E-state index is -0.0662. The van der Waals surface area contributed by atoms with Crippen LogP contribution in [0, 0.1) is 23.7 Å². The smallest absolute Gasteiger partial charge is 0.258 e. The van der Waals surface area contributed by atoms with E-state index in [9.17, 15) is 14.4 Å². The first-order valence-corrected chi connectivity index (χ1v) is 17.3. The van der Waals surface area contributed by atoms with E-state index < -0.39 is 0 Å². The van der Waals surface area contributed by atoms with Gasteiger partial charge in [-0.15, -0.1) is 0 Å². The summed E-state index contributed by atoms with van der Waals surface area (Å²) in [6, 6.07) is 13.6. The number of hydrogen-bond donors (Lipinski definition) is 2. The van der Waals surface area contributed by atoms with Crippen molar-refractivity contribution in [3.63, 3.8) is 0 Å². The maximum atomic E-state index is 13.8. The second-order valence-electron chi connectivity index (χ2n) is 15.8. The van der Waals surface area contributed by atoms with Gasteiger partial charge >= 0.3 is 0 Å². The summed E-state index contributed by atoms with van der Waals surface area (Å²) in [5, 5.41) is 10.9. The maximum absolute atomic E-state index is 13.8. The van der Waals surface area contributed by atoms with Crippen molar-refractivity contribution >= 4 is 35.3 Å². The van der Waals surface area contributed by atoms with Crippen LogP contribution in [0.15, 0.2) is 48.7 Å². The summed E-state index contributed by atoms with van der Waals surface area (Å²) >= 11 is 0. The first-order valence-electron chi connectivity index (χ1n) is 17.3. The Kier molecular flexibility index (Phi) is 12.2. The summed E-state index contributed by atoms with van der Waals surface area (Å²) in [7, 11) is 1.89. The number of likely N-dealkylation sites (tertiary alicyclic amines) is 1. The van der Waals surface area contributed by atoms with Gasteiger partial charge in [0.25, 0.3) is 5.91 Å². The molecule has 9 heteroatoms. The number of amides is 2. The molecule has 5 rings (SSSR count).